The zero-order valence-electron chi connectivity index (χ0n) is 15.8. The first-order chi connectivity index (χ1) is 13.2. The number of anilines is 1. The first-order valence-corrected chi connectivity index (χ1v) is 9.08. The average Bonchev–Trinajstić information content (AvgIpc) is 3.05. The number of hydrogen-bond acceptors (Lipinski definition) is 4. The fourth-order valence-electron chi connectivity index (χ4n) is 3.00. The smallest absolute Gasteiger partial charge is 0.322 e. The molecule has 3 atom stereocenters. The molecule has 0 aliphatic carbocycles. The van der Waals surface area contributed by atoms with Gasteiger partial charge < -0.3 is 20.6 Å². The Morgan fingerprint density at radius 2 is 1.93 bits per heavy atom. The van der Waals surface area contributed by atoms with Gasteiger partial charge in [0.15, 0.2) is 0 Å². The molecule has 3 amide bonds. The molecule has 1 aromatic rings. The van der Waals surface area contributed by atoms with Crippen LogP contribution in [0.1, 0.15) is 26.7 Å². The molecule has 2 unspecified atom stereocenters. The van der Waals surface area contributed by atoms with Crippen molar-refractivity contribution >= 4 is 29.4 Å². The summed E-state index contributed by atoms with van der Waals surface area (Å²) in [6, 6.07) is 4.51. The molecule has 1 heterocycles. The normalized spacial score (nSPS) is 18.5. The summed E-state index contributed by atoms with van der Waals surface area (Å²) in [5.74, 6) is -3.77. The van der Waals surface area contributed by atoms with E-state index in [1.807, 2.05) is 6.92 Å². The number of rotatable bonds is 8. The van der Waals surface area contributed by atoms with Crippen molar-refractivity contribution in [3.05, 3.63) is 30.1 Å². The molecule has 1 aliphatic heterocycles. The van der Waals surface area contributed by atoms with Crippen LogP contribution in [-0.4, -0.2) is 47.9 Å². The van der Waals surface area contributed by atoms with E-state index in [0.29, 0.717) is 12.1 Å². The molecule has 0 spiro atoms. The van der Waals surface area contributed by atoms with Crippen LogP contribution in [0, 0.1) is 17.7 Å². The topological polar surface area (TPSA) is 116 Å². The first kappa shape index (κ1) is 21.3. The molecule has 1 aromatic carbocycles. The van der Waals surface area contributed by atoms with E-state index in [-0.39, 0.29) is 24.8 Å². The van der Waals surface area contributed by atoms with Crippen molar-refractivity contribution in [3.63, 3.8) is 0 Å². The van der Waals surface area contributed by atoms with Crippen LogP contribution < -0.4 is 15.5 Å². The van der Waals surface area contributed by atoms with E-state index in [1.54, 1.807) is 6.92 Å². The first-order valence-electron chi connectivity index (χ1n) is 9.08. The molecule has 2 rings (SSSR count). The minimum absolute atomic E-state index is 0.0207. The van der Waals surface area contributed by atoms with Gasteiger partial charge in [0.25, 0.3) is 0 Å². The second-order valence-corrected chi connectivity index (χ2v) is 6.87. The van der Waals surface area contributed by atoms with Crippen molar-refractivity contribution in [2.45, 2.75) is 32.7 Å². The average molecular weight is 393 g/mol. The van der Waals surface area contributed by atoms with Gasteiger partial charge in [-0.3, -0.25) is 19.2 Å². The van der Waals surface area contributed by atoms with Gasteiger partial charge in [0.05, 0.1) is 5.92 Å². The Kier molecular flexibility index (Phi) is 7.08. The second kappa shape index (κ2) is 9.29. The number of hydrogen-bond donors (Lipinski definition) is 3. The number of amides is 3. The molecule has 0 radical (unpaired) electrons. The quantitative estimate of drug-likeness (QED) is 0.607. The summed E-state index contributed by atoms with van der Waals surface area (Å²) in [4.78, 5) is 49.3. The summed E-state index contributed by atoms with van der Waals surface area (Å²) in [6.45, 7) is 3.21. The Morgan fingerprint density at radius 3 is 2.50 bits per heavy atom. The number of carboxylic acid groups (broad SMARTS) is 1. The van der Waals surface area contributed by atoms with Crippen LogP contribution in [0.3, 0.4) is 0 Å². The van der Waals surface area contributed by atoms with Crippen molar-refractivity contribution in [2.75, 3.05) is 18.0 Å². The lowest BCUT2D eigenvalue weighted by Crippen LogP contribution is -2.52. The molecule has 0 bridgehead atoms. The lowest BCUT2D eigenvalue weighted by atomic mass is 9.97. The number of nitrogens with zero attached hydrogens (tertiary/aromatic N) is 1. The predicted octanol–water partition coefficient (Wildman–Crippen LogP) is 0.910. The van der Waals surface area contributed by atoms with Crippen LogP contribution in [0.5, 0.6) is 0 Å². The number of carbonyl (C=O) groups excluding carboxylic acids is 3. The Hall–Kier alpha value is -2.97. The second-order valence-electron chi connectivity index (χ2n) is 6.87. The highest BCUT2D eigenvalue weighted by Crippen LogP contribution is 2.25. The fraction of sp³-hybridized carbons (Fsp3) is 0.474. The van der Waals surface area contributed by atoms with Crippen molar-refractivity contribution < 1.29 is 28.7 Å². The minimum atomic E-state index is -1.18. The Morgan fingerprint density at radius 1 is 1.29 bits per heavy atom. The number of aliphatic carboxylic acids is 1. The van der Waals surface area contributed by atoms with Gasteiger partial charge in [0.2, 0.25) is 17.7 Å². The summed E-state index contributed by atoms with van der Waals surface area (Å²) in [5, 5.41) is 13.6. The Bertz CT molecular complexity index is 752. The highest BCUT2D eigenvalue weighted by atomic mass is 19.1. The van der Waals surface area contributed by atoms with Crippen LogP contribution in [0.2, 0.25) is 0 Å². The maximum absolute atomic E-state index is 13.1. The van der Waals surface area contributed by atoms with E-state index in [1.165, 1.54) is 29.2 Å². The van der Waals surface area contributed by atoms with E-state index in [9.17, 15) is 23.6 Å². The molecule has 1 aliphatic rings. The fourth-order valence-corrected chi connectivity index (χ4v) is 3.00. The van der Waals surface area contributed by atoms with Gasteiger partial charge in [-0.25, -0.2) is 4.39 Å². The molecule has 28 heavy (non-hydrogen) atoms. The summed E-state index contributed by atoms with van der Waals surface area (Å²) in [7, 11) is 0. The lowest BCUT2D eigenvalue weighted by molar-refractivity contribution is -0.138. The molecule has 9 heteroatoms. The highest BCUT2D eigenvalue weighted by Gasteiger charge is 2.37. The van der Waals surface area contributed by atoms with Crippen LogP contribution in [0.4, 0.5) is 10.1 Å². The van der Waals surface area contributed by atoms with Gasteiger partial charge in [0.1, 0.15) is 18.4 Å². The Labute approximate surface area is 162 Å². The Balaban J connectivity index is 2.04. The predicted molar refractivity (Wildman–Crippen MR) is 98.9 cm³/mol. The number of nitrogens with one attached hydrogen (secondary N) is 2. The molecule has 152 valence electrons. The summed E-state index contributed by atoms with van der Waals surface area (Å²) >= 11 is 0. The molecule has 1 saturated heterocycles. The van der Waals surface area contributed by atoms with E-state index in [2.05, 4.69) is 10.6 Å². The van der Waals surface area contributed by atoms with Gasteiger partial charge in [0, 0.05) is 18.7 Å². The molecule has 1 fully saturated rings. The van der Waals surface area contributed by atoms with E-state index < -0.39 is 42.1 Å². The van der Waals surface area contributed by atoms with Gasteiger partial charge in [-0.05, 0) is 30.2 Å². The third-order valence-corrected chi connectivity index (χ3v) is 4.84. The molecular weight excluding hydrogens is 369 g/mol. The number of carbonyl (C=O) groups is 4. The van der Waals surface area contributed by atoms with Crippen molar-refractivity contribution in [1.29, 1.82) is 0 Å². The standard InChI is InChI=1S/C19H24FN3O5/c1-3-11(2)17(19(28)21-9-16(25)26)22-18(27)12-8-15(24)23(10-12)14-6-4-13(20)5-7-14/h4-7,11-12,17H,3,8-10H2,1-2H3,(H,21,28)(H,22,27)(H,25,26)/t11?,12?,17-/m1/s1. The molecule has 8 nitrogen and oxygen atoms in total. The SMILES string of the molecule is CCC(C)[C@@H](NC(=O)C1CC(=O)N(c2ccc(F)cc2)C1)C(=O)NCC(=O)O. The summed E-state index contributed by atoms with van der Waals surface area (Å²) in [6.07, 6.45) is 0.573. The minimum Gasteiger partial charge on any atom is -0.480 e. The van der Waals surface area contributed by atoms with Crippen LogP contribution >= 0.6 is 0 Å². The largest absolute Gasteiger partial charge is 0.480 e. The van der Waals surface area contributed by atoms with Gasteiger partial charge in [-0.15, -0.1) is 0 Å². The maximum Gasteiger partial charge on any atom is 0.322 e. The van der Waals surface area contributed by atoms with Crippen LogP contribution in [0.25, 0.3) is 0 Å². The maximum atomic E-state index is 13.1. The lowest BCUT2D eigenvalue weighted by Gasteiger charge is -2.24. The van der Waals surface area contributed by atoms with Crippen molar-refractivity contribution in [3.8, 4) is 0 Å². The van der Waals surface area contributed by atoms with Crippen LogP contribution in [0.15, 0.2) is 24.3 Å². The number of carboxylic acids is 1. The van der Waals surface area contributed by atoms with Gasteiger partial charge in [-0.2, -0.15) is 0 Å². The summed E-state index contributed by atoms with van der Waals surface area (Å²) < 4.78 is 13.1. The monoisotopic (exact) mass is 393 g/mol. The number of halogens is 1. The molecule has 0 aromatic heterocycles. The van der Waals surface area contributed by atoms with Gasteiger partial charge >= 0.3 is 5.97 Å². The molecular formula is C19H24FN3O5. The van der Waals surface area contributed by atoms with Gasteiger partial charge in [-0.1, -0.05) is 20.3 Å². The van der Waals surface area contributed by atoms with Crippen molar-refractivity contribution in [2.24, 2.45) is 11.8 Å². The molecule has 0 saturated carbocycles. The van der Waals surface area contributed by atoms with E-state index >= 15 is 0 Å². The number of benzene rings is 1. The third kappa shape index (κ3) is 5.28. The third-order valence-electron chi connectivity index (χ3n) is 4.84. The van der Waals surface area contributed by atoms with E-state index in [0.717, 1.165) is 0 Å². The van der Waals surface area contributed by atoms with Crippen molar-refractivity contribution in [1.82, 2.24) is 10.6 Å². The molecule has 3 N–H and O–H groups in total. The van der Waals surface area contributed by atoms with E-state index in [4.69, 9.17) is 5.11 Å². The highest BCUT2D eigenvalue weighted by molar-refractivity contribution is 6.01. The zero-order chi connectivity index (χ0) is 20.8. The summed E-state index contributed by atoms with van der Waals surface area (Å²) in [5.41, 5.74) is 0.499. The van der Waals surface area contributed by atoms with Crippen LogP contribution in [-0.2, 0) is 19.2 Å². The zero-order valence-corrected chi connectivity index (χ0v) is 15.8.